The molecule has 1 aliphatic heterocycles. The third kappa shape index (κ3) is 2.17. The molecule has 2 heterocycles. The Balaban J connectivity index is 1.94. The van der Waals surface area contributed by atoms with E-state index >= 15 is 0 Å². The van der Waals surface area contributed by atoms with E-state index < -0.39 is 0 Å². The van der Waals surface area contributed by atoms with Gasteiger partial charge in [-0.1, -0.05) is 0 Å². The van der Waals surface area contributed by atoms with Crippen molar-refractivity contribution >= 4 is 5.78 Å². The van der Waals surface area contributed by atoms with Crippen LogP contribution in [-0.2, 0) is 16.0 Å². The largest absolute Gasteiger partial charge is 0.381 e. The van der Waals surface area contributed by atoms with Gasteiger partial charge in [-0.15, -0.1) is 0 Å². The second kappa shape index (κ2) is 4.33. The van der Waals surface area contributed by atoms with Crippen molar-refractivity contribution in [3.63, 3.8) is 0 Å². The summed E-state index contributed by atoms with van der Waals surface area (Å²) >= 11 is 0. The summed E-state index contributed by atoms with van der Waals surface area (Å²) in [6.45, 7) is 1.33. The van der Waals surface area contributed by atoms with Crippen LogP contribution >= 0.6 is 0 Å². The summed E-state index contributed by atoms with van der Waals surface area (Å²) in [5.41, 5.74) is 1.04. The van der Waals surface area contributed by atoms with E-state index in [-0.39, 0.29) is 11.7 Å². The highest BCUT2D eigenvalue weighted by Gasteiger charge is 2.22. The summed E-state index contributed by atoms with van der Waals surface area (Å²) in [6.07, 6.45) is 4.82. The molecule has 0 radical (unpaired) electrons. The van der Waals surface area contributed by atoms with Crippen LogP contribution in [0.4, 0.5) is 0 Å². The molecule has 0 N–H and O–H groups in total. The molecule has 0 amide bonds. The number of ether oxygens (including phenoxy) is 1. The van der Waals surface area contributed by atoms with E-state index in [0.717, 1.165) is 18.6 Å². The summed E-state index contributed by atoms with van der Waals surface area (Å²) in [5.74, 6) is 0.400. The Labute approximate surface area is 83.1 Å². The number of hydrogen-bond acceptors (Lipinski definition) is 3. The second-order valence-electron chi connectivity index (χ2n) is 3.56. The summed E-state index contributed by atoms with van der Waals surface area (Å²) in [4.78, 5) is 15.6. The fourth-order valence-corrected chi connectivity index (χ4v) is 1.63. The molecule has 1 aliphatic rings. The fourth-order valence-electron chi connectivity index (χ4n) is 1.63. The van der Waals surface area contributed by atoms with E-state index in [1.807, 2.05) is 12.1 Å². The van der Waals surface area contributed by atoms with Crippen LogP contribution < -0.4 is 0 Å². The van der Waals surface area contributed by atoms with Crippen LogP contribution in [0.2, 0.25) is 0 Å². The van der Waals surface area contributed by atoms with Gasteiger partial charge in [0, 0.05) is 31.3 Å². The molecule has 14 heavy (non-hydrogen) atoms. The Morgan fingerprint density at radius 3 is 2.93 bits per heavy atom. The molecule has 74 valence electrons. The zero-order valence-corrected chi connectivity index (χ0v) is 7.98. The Morgan fingerprint density at radius 1 is 1.50 bits per heavy atom. The minimum Gasteiger partial charge on any atom is -0.381 e. The molecule has 1 fully saturated rings. The highest BCUT2D eigenvalue weighted by atomic mass is 16.5. The zero-order chi connectivity index (χ0) is 9.80. The lowest BCUT2D eigenvalue weighted by Gasteiger charge is -2.05. The van der Waals surface area contributed by atoms with Gasteiger partial charge in [0.1, 0.15) is 5.78 Å². The van der Waals surface area contributed by atoms with Crippen molar-refractivity contribution in [1.29, 1.82) is 0 Å². The Kier molecular flexibility index (Phi) is 2.89. The highest BCUT2D eigenvalue weighted by molar-refractivity contribution is 5.83. The molecular formula is C11H13NO2. The van der Waals surface area contributed by atoms with Gasteiger partial charge in [0.15, 0.2) is 0 Å². The number of rotatable bonds is 3. The van der Waals surface area contributed by atoms with Crippen molar-refractivity contribution in [3.8, 4) is 0 Å². The Bertz CT molecular complexity index is 304. The molecule has 3 heteroatoms. The van der Waals surface area contributed by atoms with E-state index in [0.29, 0.717) is 13.0 Å². The van der Waals surface area contributed by atoms with Gasteiger partial charge >= 0.3 is 0 Å². The topological polar surface area (TPSA) is 39.2 Å². The van der Waals surface area contributed by atoms with Gasteiger partial charge < -0.3 is 4.74 Å². The maximum Gasteiger partial charge on any atom is 0.142 e. The summed E-state index contributed by atoms with van der Waals surface area (Å²) in [5, 5.41) is 0. The average Bonchev–Trinajstić information content (AvgIpc) is 2.72. The molecule has 1 atom stereocenters. The first kappa shape index (κ1) is 9.34. The Morgan fingerprint density at radius 2 is 2.29 bits per heavy atom. The average molecular weight is 191 g/mol. The van der Waals surface area contributed by atoms with Crippen LogP contribution in [0.3, 0.4) is 0 Å². The number of aromatic nitrogens is 1. The Hall–Kier alpha value is -1.22. The summed E-state index contributed by atoms with van der Waals surface area (Å²) in [7, 11) is 0. The van der Waals surface area contributed by atoms with E-state index in [2.05, 4.69) is 4.98 Å². The highest BCUT2D eigenvalue weighted by Crippen LogP contribution is 2.15. The normalized spacial score (nSPS) is 21.0. The molecule has 0 aliphatic carbocycles. The smallest absolute Gasteiger partial charge is 0.142 e. The molecular weight excluding hydrogens is 178 g/mol. The van der Waals surface area contributed by atoms with E-state index in [1.165, 1.54) is 0 Å². The van der Waals surface area contributed by atoms with Crippen molar-refractivity contribution in [1.82, 2.24) is 4.98 Å². The van der Waals surface area contributed by atoms with E-state index in [9.17, 15) is 4.79 Å². The SMILES string of the molecule is O=C(Cc1ccncc1)C1CCOC1. The monoisotopic (exact) mass is 191 g/mol. The molecule has 1 unspecified atom stereocenters. The lowest BCUT2D eigenvalue weighted by molar-refractivity contribution is -0.122. The number of Topliss-reactive ketones (excluding diaryl/α,β-unsaturated/α-hetero) is 1. The number of nitrogens with zero attached hydrogens (tertiary/aromatic N) is 1. The lowest BCUT2D eigenvalue weighted by atomic mass is 9.98. The van der Waals surface area contributed by atoms with Gasteiger partial charge in [-0.3, -0.25) is 9.78 Å². The van der Waals surface area contributed by atoms with Gasteiger partial charge in [0.25, 0.3) is 0 Å². The number of hydrogen-bond donors (Lipinski definition) is 0. The van der Waals surface area contributed by atoms with Crippen molar-refractivity contribution in [2.24, 2.45) is 5.92 Å². The fraction of sp³-hybridized carbons (Fsp3) is 0.455. The van der Waals surface area contributed by atoms with E-state index in [1.54, 1.807) is 12.4 Å². The first-order chi connectivity index (χ1) is 6.86. The van der Waals surface area contributed by atoms with Gasteiger partial charge in [0.2, 0.25) is 0 Å². The lowest BCUT2D eigenvalue weighted by Crippen LogP contribution is -2.16. The number of carbonyl (C=O) groups is 1. The van der Waals surface area contributed by atoms with Gasteiger partial charge in [-0.2, -0.15) is 0 Å². The number of pyridine rings is 1. The molecule has 2 rings (SSSR count). The molecule has 0 aromatic carbocycles. The van der Waals surface area contributed by atoms with Crippen LogP contribution in [0, 0.1) is 5.92 Å². The quantitative estimate of drug-likeness (QED) is 0.721. The molecule has 0 bridgehead atoms. The maximum absolute atomic E-state index is 11.7. The second-order valence-corrected chi connectivity index (χ2v) is 3.56. The number of carbonyl (C=O) groups excluding carboxylic acids is 1. The van der Waals surface area contributed by atoms with Gasteiger partial charge in [0.05, 0.1) is 6.61 Å². The van der Waals surface area contributed by atoms with Crippen molar-refractivity contribution in [2.45, 2.75) is 12.8 Å². The van der Waals surface area contributed by atoms with Gasteiger partial charge in [-0.05, 0) is 24.1 Å². The molecule has 0 saturated carbocycles. The van der Waals surface area contributed by atoms with Crippen molar-refractivity contribution < 1.29 is 9.53 Å². The minimum absolute atomic E-state index is 0.114. The van der Waals surface area contributed by atoms with E-state index in [4.69, 9.17) is 4.74 Å². The van der Waals surface area contributed by atoms with Crippen molar-refractivity contribution in [3.05, 3.63) is 30.1 Å². The standard InChI is InChI=1S/C11H13NO2/c13-11(10-3-6-14-8-10)7-9-1-4-12-5-2-9/h1-2,4-5,10H,3,6-8H2. The minimum atomic E-state index is 0.114. The molecule has 1 aromatic rings. The third-order valence-electron chi connectivity index (χ3n) is 2.51. The van der Waals surface area contributed by atoms with Crippen molar-refractivity contribution in [2.75, 3.05) is 13.2 Å². The number of ketones is 1. The van der Waals surface area contributed by atoms with Crippen LogP contribution in [0.15, 0.2) is 24.5 Å². The molecule has 3 nitrogen and oxygen atoms in total. The van der Waals surface area contributed by atoms with Crippen LogP contribution in [-0.4, -0.2) is 24.0 Å². The predicted octanol–water partition coefficient (Wildman–Crippen LogP) is 1.23. The first-order valence-electron chi connectivity index (χ1n) is 4.85. The molecule has 1 saturated heterocycles. The molecule has 1 aromatic heterocycles. The van der Waals surface area contributed by atoms with Crippen LogP contribution in [0.5, 0.6) is 0 Å². The maximum atomic E-state index is 11.7. The molecule has 0 spiro atoms. The van der Waals surface area contributed by atoms with Crippen LogP contribution in [0.1, 0.15) is 12.0 Å². The third-order valence-corrected chi connectivity index (χ3v) is 2.51. The first-order valence-corrected chi connectivity index (χ1v) is 4.85. The zero-order valence-electron chi connectivity index (χ0n) is 7.98. The predicted molar refractivity (Wildman–Crippen MR) is 51.9 cm³/mol. The van der Waals surface area contributed by atoms with Gasteiger partial charge in [-0.25, -0.2) is 0 Å². The summed E-state index contributed by atoms with van der Waals surface area (Å²) in [6, 6.07) is 3.77. The van der Waals surface area contributed by atoms with Crippen LogP contribution in [0.25, 0.3) is 0 Å². The summed E-state index contributed by atoms with van der Waals surface area (Å²) < 4.78 is 5.18.